The van der Waals surface area contributed by atoms with E-state index in [4.69, 9.17) is 21.1 Å². The average Bonchev–Trinajstić information content (AvgIpc) is 3.00. The van der Waals surface area contributed by atoms with Crippen LogP contribution in [0.1, 0.15) is 16.8 Å². The van der Waals surface area contributed by atoms with Crippen molar-refractivity contribution in [1.82, 2.24) is 14.7 Å². The van der Waals surface area contributed by atoms with E-state index in [2.05, 4.69) is 5.10 Å². The Kier molecular flexibility index (Phi) is 6.97. The lowest BCUT2D eigenvalue weighted by molar-refractivity contribution is -0.147. The number of nitrogens with zero attached hydrogens (tertiary/aromatic N) is 3. The minimum atomic E-state index is -0.624. The lowest BCUT2D eigenvalue weighted by Crippen LogP contribution is -2.30. The number of ether oxygens (including phenoxy) is 2. The van der Waals surface area contributed by atoms with Gasteiger partial charge in [0.15, 0.2) is 6.61 Å². The van der Waals surface area contributed by atoms with E-state index >= 15 is 0 Å². The molecule has 3 aromatic rings. The lowest BCUT2D eigenvalue weighted by atomic mass is 10.1. The van der Waals surface area contributed by atoms with Gasteiger partial charge < -0.3 is 14.4 Å². The summed E-state index contributed by atoms with van der Waals surface area (Å²) in [6.45, 7) is 1.85. The number of aryl methyl sites for hydroxylation is 2. The van der Waals surface area contributed by atoms with E-state index in [0.29, 0.717) is 23.0 Å². The van der Waals surface area contributed by atoms with Gasteiger partial charge >= 0.3 is 5.97 Å². The van der Waals surface area contributed by atoms with Crippen LogP contribution in [0.15, 0.2) is 42.5 Å². The maximum absolute atomic E-state index is 12.4. The summed E-state index contributed by atoms with van der Waals surface area (Å²) in [6.07, 6.45) is 2.77. The number of carbonyl (C=O) groups excluding carboxylic acids is 2. The van der Waals surface area contributed by atoms with E-state index < -0.39 is 5.97 Å². The monoisotopic (exact) mass is 441 g/mol. The van der Waals surface area contributed by atoms with Crippen LogP contribution in [-0.2, 0) is 27.9 Å². The van der Waals surface area contributed by atoms with Crippen molar-refractivity contribution in [3.63, 3.8) is 0 Å². The van der Waals surface area contributed by atoms with Gasteiger partial charge in [-0.05, 0) is 47.5 Å². The molecule has 0 saturated heterocycles. The lowest BCUT2D eigenvalue weighted by Gasteiger charge is -2.17. The Labute approximate surface area is 185 Å². The SMILES string of the molecule is COc1ccc2cc(CN(C)C(=O)COC(=O)/C=C/c3c(C)nn(C)c3Cl)ccc2c1. The van der Waals surface area contributed by atoms with Crippen molar-refractivity contribution in [2.75, 3.05) is 20.8 Å². The number of hydrogen-bond donors (Lipinski definition) is 0. The second kappa shape index (κ2) is 9.66. The standard InChI is InChI=1S/C23H24ClN3O4/c1-15-20(23(24)27(3)25-15)9-10-22(29)31-14-21(28)26(2)13-16-5-6-18-12-19(30-4)8-7-17(18)11-16/h5-12H,13-14H2,1-4H3/b10-9+. The quantitative estimate of drug-likeness (QED) is 0.412. The second-order valence-electron chi connectivity index (χ2n) is 7.15. The first-order valence-electron chi connectivity index (χ1n) is 9.63. The summed E-state index contributed by atoms with van der Waals surface area (Å²) in [7, 11) is 5.02. The molecule has 1 amide bonds. The number of benzene rings is 2. The van der Waals surface area contributed by atoms with Crippen molar-refractivity contribution in [2.24, 2.45) is 7.05 Å². The molecule has 0 radical (unpaired) electrons. The Morgan fingerprint density at radius 1 is 1.19 bits per heavy atom. The fourth-order valence-electron chi connectivity index (χ4n) is 3.14. The Balaban J connectivity index is 1.55. The molecule has 2 aromatic carbocycles. The summed E-state index contributed by atoms with van der Waals surface area (Å²) in [6, 6.07) is 11.8. The topological polar surface area (TPSA) is 73.7 Å². The van der Waals surface area contributed by atoms with E-state index in [1.165, 1.54) is 21.7 Å². The molecule has 31 heavy (non-hydrogen) atoms. The predicted octanol–water partition coefficient (Wildman–Crippen LogP) is 3.76. The van der Waals surface area contributed by atoms with Gasteiger partial charge in [-0.25, -0.2) is 4.79 Å². The first kappa shape index (κ1) is 22.4. The number of likely N-dealkylation sites (N-methyl/N-ethyl adjacent to an activating group) is 1. The fourth-order valence-corrected chi connectivity index (χ4v) is 3.38. The van der Waals surface area contributed by atoms with Crippen LogP contribution in [-0.4, -0.2) is 47.3 Å². The number of methoxy groups -OCH3 is 1. The van der Waals surface area contributed by atoms with E-state index in [1.807, 2.05) is 36.4 Å². The van der Waals surface area contributed by atoms with Gasteiger partial charge in [0.05, 0.1) is 12.8 Å². The number of esters is 1. The highest BCUT2D eigenvalue weighted by Crippen LogP contribution is 2.22. The number of aromatic nitrogens is 2. The Hall–Kier alpha value is -3.32. The number of halogens is 1. The zero-order valence-electron chi connectivity index (χ0n) is 17.9. The Morgan fingerprint density at radius 3 is 2.58 bits per heavy atom. The fraction of sp³-hybridized carbons (Fsp3) is 0.261. The van der Waals surface area contributed by atoms with Gasteiger partial charge in [-0.15, -0.1) is 0 Å². The average molecular weight is 442 g/mol. The Morgan fingerprint density at radius 2 is 1.90 bits per heavy atom. The molecule has 0 spiro atoms. The number of hydrogen-bond acceptors (Lipinski definition) is 5. The largest absolute Gasteiger partial charge is 0.497 e. The van der Waals surface area contributed by atoms with Gasteiger partial charge in [0.25, 0.3) is 5.91 Å². The van der Waals surface area contributed by atoms with E-state index in [1.54, 1.807) is 28.1 Å². The van der Waals surface area contributed by atoms with Gasteiger partial charge in [-0.1, -0.05) is 29.8 Å². The van der Waals surface area contributed by atoms with Crippen LogP contribution in [0.25, 0.3) is 16.8 Å². The molecule has 1 aromatic heterocycles. The number of fused-ring (bicyclic) bond motifs is 1. The molecule has 0 bridgehead atoms. The van der Waals surface area contributed by atoms with Gasteiger partial charge in [0, 0.05) is 32.3 Å². The van der Waals surface area contributed by atoms with Crippen LogP contribution in [0, 0.1) is 6.92 Å². The molecule has 0 unspecified atom stereocenters. The van der Waals surface area contributed by atoms with Crippen molar-refractivity contribution >= 4 is 40.3 Å². The van der Waals surface area contributed by atoms with Gasteiger partial charge in [-0.2, -0.15) is 5.10 Å². The predicted molar refractivity (Wildman–Crippen MR) is 120 cm³/mol. The molecule has 0 aliphatic carbocycles. The zero-order chi connectivity index (χ0) is 22.5. The highest BCUT2D eigenvalue weighted by Gasteiger charge is 2.13. The summed E-state index contributed by atoms with van der Waals surface area (Å²) >= 11 is 6.13. The summed E-state index contributed by atoms with van der Waals surface area (Å²) in [5.74, 6) is -0.128. The summed E-state index contributed by atoms with van der Waals surface area (Å²) in [5, 5.41) is 6.70. The summed E-state index contributed by atoms with van der Waals surface area (Å²) in [4.78, 5) is 25.8. The molecule has 0 aliphatic heterocycles. The minimum absolute atomic E-state index is 0.299. The normalized spacial score (nSPS) is 11.1. The molecule has 162 valence electrons. The molecule has 0 saturated carbocycles. The minimum Gasteiger partial charge on any atom is -0.497 e. The van der Waals surface area contributed by atoms with E-state index in [-0.39, 0.29) is 12.5 Å². The van der Waals surface area contributed by atoms with Gasteiger partial charge in [0.2, 0.25) is 0 Å². The zero-order valence-corrected chi connectivity index (χ0v) is 18.6. The molecule has 1 heterocycles. The number of amides is 1. The van der Waals surface area contributed by atoms with Gasteiger partial charge in [-0.3, -0.25) is 9.48 Å². The molecule has 0 atom stereocenters. The molecular weight excluding hydrogens is 418 g/mol. The van der Waals surface area contributed by atoms with Crippen molar-refractivity contribution in [2.45, 2.75) is 13.5 Å². The van der Waals surface area contributed by atoms with E-state index in [0.717, 1.165) is 22.1 Å². The maximum atomic E-state index is 12.4. The molecule has 8 heteroatoms. The molecule has 0 aliphatic rings. The van der Waals surface area contributed by atoms with Crippen molar-refractivity contribution in [3.8, 4) is 5.75 Å². The van der Waals surface area contributed by atoms with Crippen LogP contribution in [0.3, 0.4) is 0 Å². The van der Waals surface area contributed by atoms with Crippen LogP contribution in [0.2, 0.25) is 5.15 Å². The van der Waals surface area contributed by atoms with E-state index in [9.17, 15) is 9.59 Å². The second-order valence-corrected chi connectivity index (χ2v) is 7.51. The number of rotatable bonds is 7. The van der Waals surface area contributed by atoms with Crippen molar-refractivity contribution < 1.29 is 19.1 Å². The molecule has 7 nitrogen and oxygen atoms in total. The molecule has 0 fully saturated rings. The molecule has 3 rings (SSSR count). The summed E-state index contributed by atoms with van der Waals surface area (Å²) < 4.78 is 11.8. The van der Waals surface area contributed by atoms with Crippen LogP contribution >= 0.6 is 11.6 Å². The highest BCUT2D eigenvalue weighted by atomic mass is 35.5. The number of carbonyl (C=O) groups is 2. The third kappa shape index (κ3) is 5.44. The van der Waals surface area contributed by atoms with Gasteiger partial charge in [0.1, 0.15) is 10.9 Å². The smallest absolute Gasteiger partial charge is 0.331 e. The Bertz CT molecular complexity index is 1150. The maximum Gasteiger partial charge on any atom is 0.331 e. The first-order valence-corrected chi connectivity index (χ1v) is 10.0. The molecular formula is C23H24ClN3O4. The third-order valence-electron chi connectivity index (χ3n) is 4.88. The van der Waals surface area contributed by atoms with Crippen LogP contribution < -0.4 is 4.74 Å². The van der Waals surface area contributed by atoms with Crippen molar-refractivity contribution in [3.05, 3.63) is 64.4 Å². The van der Waals surface area contributed by atoms with Crippen LogP contribution in [0.5, 0.6) is 5.75 Å². The van der Waals surface area contributed by atoms with Crippen LogP contribution in [0.4, 0.5) is 0 Å². The highest BCUT2D eigenvalue weighted by molar-refractivity contribution is 6.31. The third-order valence-corrected chi connectivity index (χ3v) is 5.33. The summed E-state index contributed by atoms with van der Waals surface area (Å²) in [5.41, 5.74) is 2.31. The van der Waals surface area contributed by atoms with Crippen molar-refractivity contribution in [1.29, 1.82) is 0 Å². The first-order chi connectivity index (χ1) is 14.8. The molecule has 0 N–H and O–H groups in total.